The Morgan fingerprint density at radius 1 is 1.20 bits per heavy atom. The van der Waals surface area contributed by atoms with E-state index in [0.29, 0.717) is 0 Å². The summed E-state index contributed by atoms with van der Waals surface area (Å²) < 4.78 is 0. The number of benzene rings is 1. The van der Waals surface area contributed by atoms with Crippen molar-refractivity contribution in [2.24, 2.45) is 0 Å². The molecule has 0 aromatic heterocycles. The van der Waals surface area contributed by atoms with E-state index in [2.05, 4.69) is 13.0 Å². The summed E-state index contributed by atoms with van der Waals surface area (Å²) in [6.07, 6.45) is 0. The average Bonchev–Trinajstić information content (AvgIpc) is 1.69. The molecule has 52 valence electrons. The molecule has 0 heterocycles. The van der Waals surface area contributed by atoms with Crippen LogP contribution in [0, 0.1) is 13.0 Å². The van der Waals surface area contributed by atoms with E-state index < -0.39 is 0 Å². The molecule has 1 rings (SSSR count). The predicted octanol–water partition coefficient (Wildman–Crippen LogP) is -1.00. The fourth-order valence-corrected chi connectivity index (χ4v) is 0.470. The monoisotopic (exact) mass is 230 g/mol. The first-order valence-electron chi connectivity index (χ1n) is 2.32. The third-order valence-corrected chi connectivity index (χ3v) is 0.885. The van der Waals surface area contributed by atoms with Gasteiger partial charge in [0.15, 0.2) is 0 Å². The van der Waals surface area contributed by atoms with Crippen molar-refractivity contribution in [2.75, 3.05) is 0 Å². The number of hydrogen-bond acceptors (Lipinski definition) is 0. The Hall–Kier alpha value is 0.756. The molecule has 0 spiro atoms. The van der Waals surface area contributed by atoms with Crippen LogP contribution >= 0.6 is 17.0 Å². The van der Waals surface area contributed by atoms with E-state index in [-0.39, 0.29) is 52.4 Å². The molecule has 0 bridgehead atoms. The third-order valence-electron chi connectivity index (χ3n) is 0.885. The maximum Gasteiger partial charge on any atom is 2.00 e. The standard InChI is InChI=1S/C7H7.BrH.ClH.Mg/c1-7-5-3-2-4-6-7;;;/h3-6H,1H3;2*1H;/q-1;;;+2/p-1. The Morgan fingerprint density at radius 3 is 1.80 bits per heavy atom. The molecule has 0 N–H and O–H groups in total. The molecule has 0 aliphatic carbocycles. The molecule has 0 unspecified atom stereocenters. The van der Waals surface area contributed by atoms with Gasteiger partial charge < -0.3 is 12.4 Å². The molecule has 0 aliphatic heterocycles. The molecule has 0 amide bonds. The van der Waals surface area contributed by atoms with Crippen molar-refractivity contribution in [3.8, 4) is 0 Å². The zero-order chi connectivity index (χ0) is 5.11. The van der Waals surface area contributed by atoms with Crippen LogP contribution in [-0.2, 0) is 0 Å². The summed E-state index contributed by atoms with van der Waals surface area (Å²) in [5.74, 6) is 0. The van der Waals surface area contributed by atoms with E-state index in [1.54, 1.807) is 0 Å². The van der Waals surface area contributed by atoms with Crippen molar-refractivity contribution >= 4 is 40.0 Å². The molecule has 3 heteroatoms. The fraction of sp³-hybridized carbons (Fsp3) is 0.143. The number of hydrogen-bond donors (Lipinski definition) is 0. The Labute approximate surface area is 94.7 Å². The molecular weight excluding hydrogens is 224 g/mol. The van der Waals surface area contributed by atoms with Gasteiger partial charge in [-0.1, -0.05) is 6.92 Å². The van der Waals surface area contributed by atoms with E-state index in [1.807, 2.05) is 24.3 Å². The minimum absolute atomic E-state index is 0. The summed E-state index contributed by atoms with van der Waals surface area (Å²) in [5.41, 5.74) is 1.29. The number of halogens is 2. The van der Waals surface area contributed by atoms with Crippen LogP contribution in [0.5, 0.6) is 0 Å². The van der Waals surface area contributed by atoms with Crippen LogP contribution in [0.15, 0.2) is 24.3 Å². The van der Waals surface area contributed by atoms with E-state index in [1.165, 1.54) is 5.56 Å². The molecule has 0 saturated heterocycles. The summed E-state index contributed by atoms with van der Waals surface area (Å²) in [6.45, 7) is 2.06. The van der Waals surface area contributed by atoms with Gasteiger partial charge in [0.1, 0.15) is 0 Å². The van der Waals surface area contributed by atoms with Crippen molar-refractivity contribution < 1.29 is 12.4 Å². The Bertz CT molecular complexity index is 144. The van der Waals surface area contributed by atoms with Crippen molar-refractivity contribution in [2.45, 2.75) is 6.92 Å². The Morgan fingerprint density at radius 2 is 1.60 bits per heavy atom. The second kappa shape index (κ2) is 9.76. The minimum atomic E-state index is 0. The number of rotatable bonds is 0. The van der Waals surface area contributed by atoms with Crippen LogP contribution in [0.3, 0.4) is 0 Å². The molecular formula is C7H8BrClMg. The summed E-state index contributed by atoms with van der Waals surface area (Å²) in [6, 6.07) is 10.8. The van der Waals surface area contributed by atoms with Crippen LogP contribution in [-0.4, -0.2) is 23.1 Å². The van der Waals surface area contributed by atoms with Crippen LogP contribution in [0.4, 0.5) is 0 Å². The second-order valence-electron chi connectivity index (χ2n) is 1.58. The topological polar surface area (TPSA) is 0 Å². The van der Waals surface area contributed by atoms with E-state index >= 15 is 0 Å². The first-order chi connectivity index (χ1) is 3.39. The van der Waals surface area contributed by atoms with Gasteiger partial charge in [-0.2, -0.15) is 35.9 Å². The minimum Gasteiger partial charge on any atom is -1.00 e. The molecule has 1 aromatic rings. The van der Waals surface area contributed by atoms with Gasteiger partial charge in [0, 0.05) is 0 Å². The van der Waals surface area contributed by atoms with Gasteiger partial charge in [0.2, 0.25) is 0 Å². The van der Waals surface area contributed by atoms with Crippen molar-refractivity contribution in [1.82, 2.24) is 0 Å². The van der Waals surface area contributed by atoms with E-state index in [0.717, 1.165) is 0 Å². The molecule has 10 heavy (non-hydrogen) atoms. The van der Waals surface area contributed by atoms with Gasteiger partial charge in [-0.25, -0.2) is 0 Å². The maximum atomic E-state index is 2.93. The van der Waals surface area contributed by atoms with Crippen molar-refractivity contribution in [3.05, 3.63) is 35.9 Å². The molecule has 1 aromatic carbocycles. The van der Waals surface area contributed by atoms with Gasteiger partial charge in [-0.15, -0.1) is 17.0 Å². The second-order valence-corrected chi connectivity index (χ2v) is 1.58. The van der Waals surface area contributed by atoms with Gasteiger partial charge in [-0.3, -0.25) is 0 Å². The maximum absolute atomic E-state index is 2.93. The van der Waals surface area contributed by atoms with Crippen LogP contribution < -0.4 is 12.4 Å². The predicted molar refractivity (Wildman–Crippen MR) is 46.1 cm³/mol. The largest absolute Gasteiger partial charge is 2.00 e. The third kappa shape index (κ3) is 6.87. The Kier molecular flexibility index (Phi) is 16.6. The normalized spacial score (nSPS) is 6.10. The average molecular weight is 232 g/mol. The smallest absolute Gasteiger partial charge is 1.00 e. The molecule has 0 radical (unpaired) electrons. The Balaban J connectivity index is -0.000000163. The fourth-order valence-electron chi connectivity index (χ4n) is 0.470. The summed E-state index contributed by atoms with van der Waals surface area (Å²) in [5, 5.41) is 0. The van der Waals surface area contributed by atoms with Crippen LogP contribution in [0.25, 0.3) is 0 Å². The van der Waals surface area contributed by atoms with Crippen LogP contribution in [0.1, 0.15) is 5.56 Å². The van der Waals surface area contributed by atoms with Gasteiger partial charge >= 0.3 is 23.1 Å². The first kappa shape index (κ1) is 17.0. The van der Waals surface area contributed by atoms with E-state index in [9.17, 15) is 0 Å². The zero-order valence-electron chi connectivity index (χ0n) is 5.80. The van der Waals surface area contributed by atoms with Crippen molar-refractivity contribution in [1.29, 1.82) is 0 Å². The van der Waals surface area contributed by atoms with Crippen molar-refractivity contribution in [3.63, 3.8) is 0 Å². The number of aryl methyl sites for hydroxylation is 1. The van der Waals surface area contributed by atoms with E-state index in [4.69, 9.17) is 0 Å². The van der Waals surface area contributed by atoms with Gasteiger partial charge in [-0.05, 0) is 0 Å². The molecule has 0 saturated carbocycles. The van der Waals surface area contributed by atoms with Gasteiger partial charge in [0.25, 0.3) is 0 Å². The summed E-state index contributed by atoms with van der Waals surface area (Å²) in [4.78, 5) is 0. The van der Waals surface area contributed by atoms with Crippen LogP contribution in [0.2, 0.25) is 0 Å². The zero-order valence-corrected chi connectivity index (χ0v) is 9.69. The summed E-state index contributed by atoms with van der Waals surface area (Å²) >= 11 is 0. The molecule has 0 nitrogen and oxygen atoms in total. The summed E-state index contributed by atoms with van der Waals surface area (Å²) in [7, 11) is 0. The quantitative estimate of drug-likeness (QED) is 0.397. The molecule has 0 atom stereocenters. The molecule has 0 aliphatic rings. The SMILES string of the molecule is Br.Cc1cc[c-]cc1.[Cl-].[Mg+2]. The van der Waals surface area contributed by atoms with Gasteiger partial charge in [0.05, 0.1) is 0 Å². The molecule has 0 fully saturated rings. The first-order valence-corrected chi connectivity index (χ1v) is 2.32.